The van der Waals surface area contributed by atoms with E-state index < -0.39 is 0 Å². The van der Waals surface area contributed by atoms with Gasteiger partial charge < -0.3 is 19.9 Å². The zero-order valence-corrected chi connectivity index (χ0v) is 16.1. The van der Waals surface area contributed by atoms with Crippen LogP contribution in [0.5, 0.6) is 0 Å². The molecular weight excluding hydrogens is 354 g/mol. The van der Waals surface area contributed by atoms with Gasteiger partial charge in [-0.1, -0.05) is 25.0 Å². The van der Waals surface area contributed by atoms with Crippen LogP contribution in [0.2, 0.25) is 0 Å². The van der Waals surface area contributed by atoms with Crippen molar-refractivity contribution in [2.24, 2.45) is 0 Å². The summed E-state index contributed by atoms with van der Waals surface area (Å²) in [6.07, 6.45) is 4.91. The largest absolute Gasteiger partial charge is 0.378 e. The second-order valence-electron chi connectivity index (χ2n) is 7.25. The number of anilines is 3. The molecule has 28 heavy (non-hydrogen) atoms. The molecule has 4 rings (SSSR count). The second kappa shape index (κ2) is 9.01. The van der Waals surface area contributed by atoms with Gasteiger partial charge in [-0.3, -0.25) is 4.79 Å². The number of amides is 1. The fourth-order valence-corrected chi connectivity index (χ4v) is 3.76. The van der Waals surface area contributed by atoms with Crippen molar-refractivity contribution in [3.05, 3.63) is 42.1 Å². The third-order valence-corrected chi connectivity index (χ3v) is 5.32. The lowest BCUT2D eigenvalue weighted by Gasteiger charge is -2.30. The molecule has 148 valence electrons. The standard InChI is InChI=1S/C21H27N5O2/c27-21(18-9-10-20(24-23-18)26-11-5-1-2-6-12-26)22-17-7-3-4-8-19(17)25-13-15-28-16-14-25/h3-4,7-10H,1-2,5-6,11-16H2,(H,22,27). The number of hydrogen-bond donors (Lipinski definition) is 1. The first-order valence-electron chi connectivity index (χ1n) is 10.1. The summed E-state index contributed by atoms with van der Waals surface area (Å²) in [5, 5.41) is 11.5. The molecule has 0 aliphatic carbocycles. The summed E-state index contributed by atoms with van der Waals surface area (Å²) in [5.74, 6) is 0.614. The molecule has 0 bridgehead atoms. The van der Waals surface area contributed by atoms with Gasteiger partial charge in [0.1, 0.15) is 0 Å². The van der Waals surface area contributed by atoms with Crippen molar-refractivity contribution in [3.63, 3.8) is 0 Å². The smallest absolute Gasteiger partial charge is 0.276 e. The van der Waals surface area contributed by atoms with Crippen molar-refractivity contribution in [2.75, 3.05) is 54.5 Å². The van der Waals surface area contributed by atoms with Crippen molar-refractivity contribution < 1.29 is 9.53 Å². The van der Waals surface area contributed by atoms with Crippen molar-refractivity contribution >= 4 is 23.1 Å². The summed E-state index contributed by atoms with van der Waals surface area (Å²) in [4.78, 5) is 17.2. The fraction of sp³-hybridized carbons (Fsp3) is 0.476. The van der Waals surface area contributed by atoms with Gasteiger partial charge in [-0.2, -0.15) is 0 Å². The zero-order chi connectivity index (χ0) is 19.2. The molecule has 1 amide bonds. The van der Waals surface area contributed by atoms with E-state index >= 15 is 0 Å². The van der Waals surface area contributed by atoms with Crippen molar-refractivity contribution in [1.82, 2.24) is 10.2 Å². The first kappa shape index (κ1) is 18.7. The maximum absolute atomic E-state index is 12.7. The number of para-hydroxylation sites is 2. The lowest BCUT2D eigenvalue weighted by molar-refractivity contribution is 0.102. The van der Waals surface area contributed by atoms with Crippen LogP contribution in [0.25, 0.3) is 0 Å². The number of nitrogens with zero attached hydrogens (tertiary/aromatic N) is 4. The van der Waals surface area contributed by atoms with Gasteiger partial charge in [0.25, 0.3) is 5.91 Å². The van der Waals surface area contributed by atoms with Crippen LogP contribution < -0.4 is 15.1 Å². The number of benzene rings is 1. The number of morpholine rings is 1. The first-order chi connectivity index (χ1) is 13.8. The summed E-state index contributed by atoms with van der Waals surface area (Å²) in [5.41, 5.74) is 2.12. The summed E-state index contributed by atoms with van der Waals surface area (Å²) in [6.45, 7) is 5.05. The third-order valence-electron chi connectivity index (χ3n) is 5.32. The van der Waals surface area contributed by atoms with Crippen molar-refractivity contribution in [2.45, 2.75) is 25.7 Å². The van der Waals surface area contributed by atoms with Gasteiger partial charge in [0.15, 0.2) is 11.5 Å². The Labute approximate surface area is 165 Å². The Morgan fingerprint density at radius 2 is 1.61 bits per heavy atom. The summed E-state index contributed by atoms with van der Waals surface area (Å²) >= 11 is 0. The Morgan fingerprint density at radius 3 is 2.32 bits per heavy atom. The third kappa shape index (κ3) is 4.42. The molecule has 7 heteroatoms. The van der Waals surface area contributed by atoms with Gasteiger partial charge in [-0.05, 0) is 37.1 Å². The van der Waals surface area contributed by atoms with Crippen LogP contribution in [0, 0.1) is 0 Å². The normalized spacial score (nSPS) is 17.9. The first-order valence-corrected chi connectivity index (χ1v) is 10.1. The Kier molecular flexibility index (Phi) is 6.01. The highest BCUT2D eigenvalue weighted by molar-refractivity contribution is 6.04. The van der Waals surface area contributed by atoms with E-state index in [-0.39, 0.29) is 5.91 Å². The number of rotatable bonds is 4. The van der Waals surface area contributed by atoms with Crippen LogP contribution in [-0.4, -0.2) is 55.5 Å². The number of hydrogen-bond acceptors (Lipinski definition) is 6. The highest BCUT2D eigenvalue weighted by Gasteiger charge is 2.18. The van der Waals surface area contributed by atoms with Gasteiger partial charge >= 0.3 is 0 Å². The van der Waals surface area contributed by atoms with E-state index in [0.29, 0.717) is 18.9 Å². The Bertz CT molecular complexity index is 782. The van der Waals surface area contributed by atoms with E-state index in [0.717, 1.165) is 43.4 Å². The van der Waals surface area contributed by atoms with Crippen LogP contribution in [0.3, 0.4) is 0 Å². The highest BCUT2D eigenvalue weighted by atomic mass is 16.5. The molecule has 2 aromatic rings. The van der Waals surface area contributed by atoms with E-state index in [1.807, 2.05) is 30.3 Å². The van der Waals surface area contributed by atoms with Crippen LogP contribution in [0.4, 0.5) is 17.2 Å². The Balaban J connectivity index is 1.45. The molecule has 7 nitrogen and oxygen atoms in total. The number of nitrogens with one attached hydrogen (secondary N) is 1. The molecular formula is C21H27N5O2. The van der Waals surface area contributed by atoms with Gasteiger partial charge in [0.2, 0.25) is 0 Å². The predicted octanol–water partition coefficient (Wildman–Crippen LogP) is 2.95. The van der Waals surface area contributed by atoms with Crippen LogP contribution in [-0.2, 0) is 4.74 Å². The van der Waals surface area contributed by atoms with Crippen LogP contribution in [0.15, 0.2) is 36.4 Å². The average molecular weight is 381 g/mol. The quantitative estimate of drug-likeness (QED) is 0.878. The maximum atomic E-state index is 12.7. The van der Waals surface area contributed by atoms with Gasteiger partial charge in [-0.25, -0.2) is 0 Å². The minimum absolute atomic E-state index is 0.240. The fourth-order valence-electron chi connectivity index (χ4n) is 3.76. The molecule has 0 unspecified atom stereocenters. The molecule has 3 heterocycles. The molecule has 0 atom stereocenters. The summed E-state index contributed by atoms with van der Waals surface area (Å²) in [7, 11) is 0. The zero-order valence-electron chi connectivity index (χ0n) is 16.1. The van der Waals surface area contributed by atoms with Crippen molar-refractivity contribution in [3.8, 4) is 0 Å². The molecule has 1 aromatic heterocycles. The molecule has 0 saturated carbocycles. The minimum atomic E-state index is -0.240. The predicted molar refractivity (Wildman–Crippen MR) is 110 cm³/mol. The summed E-state index contributed by atoms with van der Waals surface area (Å²) in [6, 6.07) is 11.5. The monoisotopic (exact) mass is 381 g/mol. The summed E-state index contributed by atoms with van der Waals surface area (Å²) < 4.78 is 5.43. The van der Waals surface area contributed by atoms with E-state index in [9.17, 15) is 4.79 Å². The molecule has 2 aliphatic heterocycles. The van der Waals surface area contributed by atoms with E-state index in [1.54, 1.807) is 6.07 Å². The molecule has 2 saturated heterocycles. The van der Waals surface area contributed by atoms with Gasteiger partial charge in [0.05, 0.1) is 24.6 Å². The Morgan fingerprint density at radius 1 is 0.857 bits per heavy atom. The van der Waals surface area contributed by atoms with Gasteiger partial charge in [-0.15, -0.1) is 10.2 Å². The number of carbonyl (C=O) groups excluding carboxylic acids is 1. The number of carbonyl (C=O) groups is 1. The lowest BCUT2D eigenvalue weighted by atomic mass is 10.2. The van der Waals surface area contributed by atoms with Crippen LogP contribution in [0.1, 0.15) is 36.2 Å². The van der Waals surface area contributed by atoms with Crippen LogP contribution >= 0.6 is 0 Å². The molecule has 2 fully saturated rings. The lowest BCUT2D eigenvalue weighted by Crippen LogP contribution is -2.36. The van der Waals surface area contributed by atoms with Gasteiger partial charge in [0, 0.05) is 26.2 Å². The Hall–Kier alpha value is -2.67. The topological polar surface area (TPSA) is 70.6 Å². The average Bonchev–Trinajstić information content (AvgIpc) is 3.04. The molecule has 2 aliphatic rings. The van der Waals surface area contributed by atoms with Crippen molar-refractivity contribution in [1.29, 1.82) is 0 Å². The second-order valence-corrected chi connectivity index (χ2v) is 7.25. The molecule has 1 aromatic carbocycles. The molecule has 1 N–H and O–H groups in total. The van der Waals surface area contributed by atoms with E-state index in [1.165, 1.54) is 25.7 Å². The van der Waals surface area contributed by atoms with E-state index in [4.69, 9.17) is 4.74 Å². The number of ether oxygens (including phenoxy) is 1. The maximum Gasteiger partial charge on any atom is 0.276 e. The molecule has 0 radical (unpaired) electrons. The number of aromatic nitrogens is 2. The SMILES string of the molecule is O=C(Nc1ccccc1N1CCOCC1)c1ccc(N2CCCCCC2)nn1. The van der Waals surface area contributed by atoms with E-state index in [2.05, 4.69) is 25.3 Å². The highest BCUT2D eigenvalue weighted by Crippen LogP contribution is 2.26. The molecule has 0 spiro atoms. The minimum Gasteiger partial charge on any atom is -0.378 e.